The highest BCUT2D eigenvalue weighted by atomic mass is 15.7. The summed E-state index contributed by atoms with van der Waals surface area (Å²) < 4.78 is 0. The van der Waals surface area contributed by atoms with Crippen LogP contribution in [-0.2, 0) is 0 Å². The van der Waals surface area contributed by atoms with Gasteiger partial charge < -0.3 is 4.90 Å². The fourth-order valence-corrected chi connectivity index (χ4v) is 4.97. The van der Waals surface area contributed by atoms with Crippen molar-refractivity contribution >= 4 is 5.69 Å². The summed E-state index contributed by atoms with van der Waals surface area (Å²) in [5.74, 6) is -0.365. The van der Waals surface area contributed by atoms with Crippen molar-refractivity contribution in [2.45, 2.75) is 90.3 Å². The molecule has 1 fully saturated rings. The summed E-state index contributed by atoms with van der Waals surface area (Å²) in [4.78, 5) is 10.2. The van der Waals surface area contributed by atoms with Gasteiger partial charge >= 0.3 is 0 Å². The van der Waals surface area contributed by atoms with Crippen LogP contribution in [0.1, 0.15) is 66.7 Å². The molecule has 0 bridgehead atoms. The molecule has 0 aromatic heterocycles. The molecule has 1 aliphatic carbocycles. The predicted octanol–water partition coefficient (Wildman–Crippen LogP) is 5.07. The smallest absolute Gasteiger partial charge is 0.213 e. The highest BCUT2D eigenvalue weighted by molar-refractivity contribution is 5.49. The first-order valence-electron chi connectivity index (χ1n) is 11.0. The van der Waals surface area contributed by atoms with E-state index in [0.29, 0.717) is 12.1 Å². The van der Waals surface area contributed by atoms with Crippen molar-refractivity contribution in [2.24, 2.45) is 0 Å². The number of hydrogen-bond acceptors (Lipinski definition) is 4. The van der Waals surface area contributed by atoms with E-state index < -0.39 is 0 Å². The fraction of sp³-hybridized carbons (Fsp3) is 0.750. The average molecular weight is 389 g/mol. The van der Waals surface area contributed by atoms with Crippen molar-refractivity contribution in [1.82, 2.24) is 14.7 Å². The van der Waals surface area contributed by atoms with Gasteiger partial charge in [-0.25, -0.2) is 0 Å². The van der Waals surface area contributed by atoms with Crippen LogP contribution in [0.5, 0.6) is 0 Å². The Morgan fingerprint density at radius 2 is 1.39 bits per heavy atom. The summed E-state index contributed by atoms with van der Waals surface area (Å²) in [6.45, 7) is 11.6. The van der Waals surface area contributed by atoms with E-state index in [1.165, 1.54) is 37.8 Å². The van der Waals surface area contributed by atoms with Crippen molar-refractivity contribution in [3.63, 3.8) is 0 Å². The van der Waals surface area contributed by atoms with Gasteiger partial charge in [0.05, 0.1) is 0 Å². The van der Waals surface area contributed by atoms with Crippen molar-refractivity contribution in [2.75, 3.05) is 33.1 Å². The van der Waals surface area contributed by atoms with Crippen molar-refractivity contribution < 1.29 is 0 Å². The first kappa shape index (κ1) is 23.2. The molecular formula is C24H44N4. The zero-order valence-electron chi connectivity index (χ0n) is 19.9. The molecule has 4 nitrogen and oxygen atoms in total. The molecule has 0 aliphatic heterocycles. The molecule has 1 aliphatic rings. The summed E-state index contributed by atoms with van der Waals surface area (Å²) in [5, 5.41) is 0. The molecule has 0 spiro atoms. The van der Waals surface area contributed by atoms with E-state index >= 15 is 0 Å². The van der Waals surface area contributed by atoms with Gasteiger partial charge in [-0.05, 0) is 87.8 Å². The molecule has 2 rings (SSSR count). The van der Waals surface area contributed by atoms with E-state index in [1.807, 2.05) is 0 Å². The Bertz CT molecular complexity index is 586. The normalized spacial score (nSPS) is 18.9. The molecular weight excluding hydrogens is 344 g/mol. The van der Waals surface area contributed by atoms with E-state index in [1.54, 1.807) is 0 Å². The molecule has 1 atom stereocenters. The van der Waals surface area contributed by atoms with Crippen LogP contribution in [0.25, 0.3) is 0 Å². The fourth-order valence-electron chi connectivity index (χ4n) is 4.97. The molecule has 1 unspecified atom stereocenters. The molecule has 0 N–H and O–H groups in total. The summed E-state index contributed by atoms with van der Waals surface area (Å²) in [6, 6.07) is 11.9. The SMILES string of the molecule is CC(C)N(c1ccccc1)C(N(C)C)(N(C)C1CCCCC1)N(C)C(C)(C)C. The second-order valence-electron chi connectivity index (χ2n) is 9.93. The number of rotatable bonds is 7. The third-order valence-electron chi connectivity index (χ3n) is 6.53. The molecule has 28 heavy (non-hydrogen) atoms. The van der Waals surface area contributed by atoms with E-state index in [-0.39, 0.29) is 11.4 Å². The Morgan fingerprint density at radius 1 is 0.857 bits per heavy atom. The molecule has 1 saturated carbocycles. The second kappa shape index (κ2) is 9.15. The maximum Gasteiger partial charge on any atom is 0.213 e. The Hall–Kier alpha value is -1.10. The van der Waals surface area contributed by atoms with Crippen LogP contribution in [0.4, 0.5) is 5.69 Å². The maximum absolute atomic E-state index is 2.66. The topological polar surface area (TPSA) is 13.0 Å². The first-order valence-corrected chi connectivity index (χ1v) is 11.0. The zero-order valence-corrected chi connectivity index (χ0v) is 19.9. The van der Waals surface area contributed by atoms with E-state index in [0.717, 1.165) is 0 Å². The molecule has 160 valence electrons. The first-order chi connectivity index (χ1) is 13.0. The van der Waals surface area contributed by atoms with Crippen LogP contribution in [0.2, 0.25) is 0 Å². The number of nitrogens with zero attached hydrogens (tertiary/aromatic N) is 4. The van der Waals surface area contributed by atoms with Crippen molar-refractivity contribution in [1.29, 1.82) is 0 Å². The van der Waals surface area contributed by atoms with E-state index in [4.69, 9.17) is 0 Å². The molecule has 4 heteroatoms. The lowest BCUT2D eigenvalue weighted by atomic mass is 9.93. The Morgan fingerprint density at radius 3 is 1.82 bits per heavy atom. The molecule has 0 radical (unpaired) electrons. The van der Waals surface area contributed by atoms with Gasteiger partial charge in [-0.1, -0.05) is 37.5 Å². The number of benzene rings is 1. The minimum absolute atomic E-state index is 0.00904. The molecule has 0 heterocycles. The van der Waals surface area contributed by atoms with Crippen molar-refractivity contribution in [3.05, 3.63) is 30.3 Å². The Labute approximate surface area is 174 Å². The van der Waals surface area contributed by atoms with Crippen LogP contribution in [0.3, 0.4) is 0 Å². The van der Waals surface area contributed by atoms with Crippen LogP contribution in [0, 0.1) is 0 Å². The largest absolute Gasteiger partial charge is 0.325 e. The standard InChI is InChI=1S/C24H44N4/c1-20(2)28(22-18-14-11-15-19-22)24(25(6)7,27(9)23(3,4)5)26(8)21-16-12-10-13-17-21/h11,14-15,18-21H,10,12-13,16-17H2,1-9H3. The van der Waals surface area contributed by atoms with E-state index in [2.05, 4.69) is 113 Å². The summed E-state index contributed by atoms with van der Waals surface area (Å²) in [5.41, 5.74) is 1.28. The minimum atomic E-state index is -0.365. The van der Waals surface area contributed by atoms with Crippen molar-refractivity contribution in [3.8, 4) is 0 Å². The lowest BCUT2D eigenvalue weighted by Gasteiger charge is -2.63. The monoisotopic (exact) mass is 388 g/mol. The van der Waals surface area contributed by atoms with Gasteiger partial charge in [0.1, 0.15) is 0 Å². The third kappa shape index (κ3) is 4.39. The van der Waals surface area contributed by atoms with Gasteiger partial charge in [-0.2, -0.15) is 0 Å². The maximum atomic E-state index is 2.66. The lowest BCUT2D eigenvalue weighted by molar-refractivity contribution is -0.183. The average Bonchev–Trinajstić information content (AvgIpc) is 2.65. The highest BCUT2D eigenvalue weighted by Gasteiger charge is 2.52. The summed E-state index contributed by atoms with van der Waals surface area (Å²) in [6.07, 6.45) is 6.62. The third-order valence-corrected chi connectivity index (χ3v) is 6.53. The number of hydrogen-bond donors (Lipinski definition) is 0. The second-order valence-corrected chi connectivity index (χ2v) is 9.93. The van der Waals surface area contributed by atoms with Crippen LogP contribution in [-0.4, -0.2) is 66.4 Å². The summed E-state index contributed by atoms with van der Waals surface area (Å²) in [7, 11) is 9.11. The summed E-state index contributed by atoms with van der Waals surface area (Å²) >= 11 is 0. The zero-order chi connectivity index (χ0) is 21.1. The van der Waals surface area contributed by atoms with Gasteiger partial charge in [-0.15, -0.1) is 0 Å². The number of para-hydroxylation sites is 1. The van der Waals surface area contributed by atoms with Crippen LogP contribution in [0.15, 0.2) is 30.3 Å². The van der Waals surface area contributed by atoms with E-state index in [9.17, 15) is 0 Å². The number of anilines is 1. The lowest BCUT2D eigenvalue weighted by Crippen LogP contribution is -2.80. The molecule has 1 aromatic rings. The predicted molar refractivity (Wildman–Crippen MR) is 123 cm³/mol. The highest BCUT2D eigenvalue weighted by Crippen LogP contribution is 2.39. The van der Waals surface area contributed by atoms with Gasteiger partial charge in [0.2, 0.25) is 5.91 Å². The molecule has 0 saturated heterocycles. The van der Waals surface area contributed by atoms with Gasteiger partial charge in [0, 0.05) is 23.3 Å². The van der Waals surface area contributed by atoms with Gasteiger partial charge in [0.15, 0.2) is 0 Å². The van der Waals surface area contributed by atoms with Gasteiger partial charge in [-0.3, -0.25) is 14.7 Å². The molecule has 1 aromatic carbocycles. The van der Waals surface area contributed by atoms with Gasteiger partial charge in [0.25, 0.3) is 0 Å². The van der Waals surface area contributed by atoms with Crippen LogP contribution < -0.4 is 4.90 Å². The quantitative estimate of drug-likeness (QED) is 0.605. The minimum Gasteiger partial charge on any atom is -0.325 e. The Kier molecular flexibility index (Phi) is 7.57. The van der Waals surface area contributed by atoms with Crippen LogP contribution >= 0.6 is 0 Å². The Balaban J connectivity index is 2.70. The molecule has 0 amide bonds.